The number of amides is 1. The fourth-order valence-electron chi connectivity index (χ4n) is 4.76. The number of nitrogens with one attached hydrogen (secondary N) is 2. The van der Waals surface area contributed by atoms with E-state index < -0.39 is 16.7 Å². The Hall–Kier alpha value is -2.98. The maximum Gasteiger partial charge on any atom is 0.276 e. The van der Waals surface area contributed by atoms with Crippen LogP contribution in [0.4, 0.5) is 17.3 Å². The molecule has 1 spiro atoms. The Bertz CT molecular complexity index is 1090. The van der Waals surface area contributed by atoms with Gasteiger partial charge >= 0.3 is 0 Å². The average molecular weight is 399 g/mol. The van der Waals surface area contributed by atoms with E-state index in [2.05, 4.69) is 20.6 Å². The maximum atomic E-state index is 13.5. The first-order valence-corrected chi connectivity index (χ1v) is 9.34. The minimum atomic E-state index is -1.11. The number of fused-ring (bicyclic) bond motifs is 2. The number of hydrogen-bond donors (Lipinski definition) is 4. The van der Waals surface area contributed by atoms with Gasteiger partial charge in [-0.05, 0) is 46.2 Å². The van der Waals surface area contributed by atoms with Crippen molar-refractivity contribution in [2.24, 2.45) is 0 Å². The molecule has 1 amide bonds. The van der Waals surface area contributed by atoms with Crippen LogP contribution in [0.2, 0.25) is 0 Å². The zero-order valence-corrected chi connectivity index (χ0v) is 17.1. The quantitative estimate of drug-likeness (QED) is 0.593. The molecule has 0 aromatic carbocycles. The van der Waals surface area contributed by atoms with Gasteiger partial charge in [0.2, 0.25) is 0 Å². The van der Waals surface area contributed by atoms with Crippen molar-refractivity contribution in [1.29, 1.82) is 0 Å². The number of nitrogens with two attached hydrogens (primary N) is 1. The number of anilines is 3. The Labute approximate surface area is 167 Å². The Morgan fingerprint density at radius 1 is 1.21 bits per heavy atom. The van der Waals surface area contributed by atoms with Crippen molar-refractivity contribution in [1.82, 2.24) is 24.9 Å². The van der Waals surface area contributed by atoms with E-state index in [-0.39, 0.29) is 23.0 Å². The third-order valence-electron chi connectivity index (χ3n) is 6.06. The van der Waals surface area contributed by atoms with Gasteiger partial charge in [0.15, 0.2) is 0 Å². The summed E-state index contributed by atoms with van der Waals surface area (Å²) in [5, 5.41) is 18.0. The van der Waals surface area contributed by atoms with Crippen LogP contribution in [0.3, 0.4) is 0 Å². The molecule has 0 radical (unpaired) electrons. The summed E-state index contributed by atoms with van der Waals surface area (Å²) in [7, 11) is 0. The number of pyridine rings is 1. The lowest BCUT2D eigenvalue weighted by molar-refractivity contribution is -0.204. The fraction of sp³-hybridized carbons (Fsp3) is 0.474. The second kappa shape index (κ2) is 5.77. The van der Waals surface area contributed by atoms with Gasteiger partial charge < -0.3 is 21.6 Å². The SMILES string of the molecule is Cc1cc(Nc2cc(N)ncn2)c(=O)n2c1C(=O)N[C@]21CC(C)(C)N(O)C1(C)C. The molecule has 1 fully saturated rings. The lowest BCUT2D eigenvalue weighted by Crippen LogP contribution is -2.61. The van der Waals surface area contributed by atoms with Gasteiger partial charge in [-0.15, -0.1) is 0 Å². The van der Waals surface area contributed by atoms with E-state index in [0.29, 0.717) is 23.5 Å². The van der Waals surface area contributed by atoms with Crippen molar-refractivity contribution in [3.05, 3.63) is 40.1 Å². The number of hydrogen-bond acceptors (Lipinski definition) is 8. The highest BCUT2D eigenvalue weighted by atomic mass is 16.5. The predicted octanol–water partition coefficient (Wildman–Crippen LogP) is 1.32. The summed E-state index contributed by atoms with van der Waals surface area (Å²) < 4.78 is 1.48. The van der Waals surface area contributed by atoms with E-state index in [9.17, 15) is 14.8 Å². The first-order valence-electron chi connectivity index (χ1n) is 9.34. The number of nitrogen functional groups attached to an aromatic ring is 1. The van der Waals surface area contributed by atoms with Crippen molar-refractivity contribution >= 4 is 23.2 Å². The van der Waals surface area contributed by atoms with E-state index in [0.717, 1.165) is 0 Å². The van der Waals surface area contributed by atoms with Crippen molar-refractivity contribution in [2.75, 3.05) is 11.1 Å². The summed E-state index contributed by atoms with van der Waals surface area (Å²) in [6.45, 7) is 9.13. The van der Waals surface area contributed by atoms with Crippen LogP contribution in [0.5, 0.6) is 0 Å². The molecule has 0 aliphatic carbocycles. The zero-order valence-electron chi connectivity index (χ0n) is 17.1. The molecule has 0 unspecified atom stereocenters. The van der Waals surface area contributed by atoms with Gasteiger partial charge in [0, 0.05) is 18.0 Å². The first kappa shape index (κ1) is 19.3. The number of aryl methyl sites for hydroxylation is 1. The highest BCUT2D eigenvalue weighted by Crippen LogP contribution is 2.51. The molecule has 1 atom stereocenters. The molecule has 4 rings (SSSR count). The molecule has 2 aromatic rings. The molecule has 10 nitrogen and oxygen atoms in total. The van der Waals surface area contributed by atoms with E-state index >= 15 is 0 Å². The lowest BCUT2D eigenvalue weighted by atomic mass is 9.86. The molecular formula is C19H25N7O3. The second-order valence-electron chi connectivity index (χ2n) is 8.86. The van der Waals surface area contributed by atoms with Gasteiger partial charge in [0.1, 0.15) is 35.0 Å². The van der Waals surface area contributed by atoms with E-state index in [4.69, 9.17) is 5.73 Å². The highest BCUT2D eigenvalue weighted by molar-refractivity contribution is 5.97. The predicted molar refractivity (Wildman–Crippen MR) is 107 cm³/mol. The van der Waals surface area contributed by atoms with Crippen molar-refractivity contribution in [3.8, 4) is 0 Å². The normalized spacial score (nSPS) is 24.6. The third kappa shape index (κ3) is 2.49. The van der Waals surface area contributed by atoms with Crippen LogP contribution in [-0.4, -0.2) is 41.8 Å². The monoisotopic (exact) mass is 399 g/mol. The smallest absolute Gasteiger partial charge is 0.276 e. The Balaban J connectivity index is 1.94. The Morgan fingerprint density at radius 3 is 2.48 bits per heavy atom. The van der Waals surface area contributed by atoms with Gasteiger partial charge in [0.25, 0.3) is 11.5 Å². The third-order valence-corrected chi connectivity index (χ3v) is 6.06. The summed E-state index contributed by atoms with van der Waals surface area (Å²) in [6.07, 6.45) is 1.65. The summed E-state index contributed by atoms with van der Waals surface area (Å²) in [4.78, 5) is 34.4. The number of hydroxylamine groups is 2. The second-order valence-corrected chi connectivity index (χ2v) is 8.86. The van der Waals surface area contributed by atoms with Crippen LogP contribution in [0, 0.1) is 6.92 Å². The molecule has 2 aliphatic heterocycles. The van der Waals surface area contributed by atoms with Crippen LogP contribution < -0.4 is 21.9 Å². The Morgan fingerprint density at radius 2 is 1.90 bits per heavy atom. The molecule has 2 aliphatic rings. The van der Waals surface area contributed by atoms with Crippen LogP contribution in [0.15, 0.2) is 23.3 Å². The molecule has 4 heterocycles. The topological polar surface area (TPSA) is 138 Å². The lowest BCUT2D eigenvalue weighted by Gasteiger charge is -2.41. The number of nitrogens with zero attached hydrogens (tertiary/aromatic N) is 4. The molecule has 29 heavy (non-hydrogen) atoms. The van der Waals surface area contributed by atoms with Crippen molar-refractivity contribution in [3.63, 3.8) is 0 Å². The minimum absolute atomic E-state index is 0.255. The summed E-state index contributed by atoms with van der Waals surface area (Å²) in [5.41, 5.74) is 3.79. The molecule has 0 bridgehead atoms. The largest absolute Gasteiger partial charge is 0.384 e. The van der Waals surface area contributed by atoms with Crippen LogP contribution in [0.1, 0.15) is 50.2 Å². The fourth-order valence-corrected chi connectivity index (χ4v) is 4.76. The number of rotatable bonds is 2. The zero-order chi connectivity index (χ0) is 21.4. The number of carbonyl (C=O) groups is 1. The van der Waals surface area contributed by atoms with Crippen molar-refractivity contribution < 1.29 is 10.0 Å². The van der Waals surface area contributed by atoms with Gasteiger partial charge in [-0.2, -0.15) is 5.06 Å². The Kier molecular flexibility index (Phi) is 3.85. The van der Waals surface area contributed by atoms with Gasteiger partial charge in [-0.3, -0.25) is 14.2 Å². The number of carbonyl (C=O) groups excluding carboxylic acids is 1. The first-order chi connectivity index (χ1) is 13.4. The van der Waals surface area contributed by atoms with Gasteiger partial charge in [-0.1, -0.05) is 0 Å². The molecular weight excluding hydrogens is 374 g/mol. The average Bonchev–Trinajstić information content (AvgIpc) is 2.98. The highest BCUT2D eigenvalue weighted by Gasteiger charge is 2.66. The molecule has 1 saturated heterocycles. The van der Waals surface area contributed by atoms with Crippen LogP contribution in [0.25, 0.3) is 0 Å². The molecule has 0 saturated carbocycles. The van der Waals surface area contributed by atoms with Gasteiger partial charge in [-0.25, -0.2) is 9.97 Å². The molecule has 5 N–H and O–H groups in total. The molecule has 154 valence electrons. The van der Waals surface area contributed by atoms with Gasteiger partial charge in [0.05, 0.1) is 5.54 Å². The van der Waals surface area contributed by atoms with Crippen molar-refractivity contribution in [2.45, 2.75) is 57.8 Å². The maximum absolute atomic E-state index is 13.5. The molecule has 10 heteroatoms. The van der Waals surface area contributed by atoms with E-state index in [1.165, 1.54) is 22.0 Å². The van der Waals surface area contributed by atoms with E-state index in [1.807, 2.05) is 27.7 Å². The van der Waals surface area contributed by atoms with E-state index in [1.54, 1.807) is 13.0 Å². The van der Waals surface area contributed by atoms with Crippen LogP contribution >= 0.6 is 0 Å². The summed E-state index contributed by atoms with van der Waals surface area (Å²) in [5.74, 6) is 0.302. The standard InChI is InChI=1S/C19H25N7O3/c1-10-6-11(23-13-7-12(20)21-9-22-13)16(28)25-14(10)15(27)24-19(25)8-17(2,3)26(29)18(19,4)5/h6-7,9,29H,8H2,1-5H3,(H,24,27)(H3,20,21,22,23)/t19-/m1/s1. The summed E-state index contributed by atoms with van der Waals surface area (Å²) in [6, 6.07) is 3.14. The summed E-state index contributed by atoms with van der Waals surface area (Å²) >= 11 is 0. The van der Waals surface area contributed by atoms with Crippen LogP contribution in [-0.2, 0) is 5.66 Å². The molecule has 2 aromatic heterocycles. The number of aromatic nitrogens is 3. The minimum Gasteiger partial charge on any atom is -0.384 e.